The lowest BCUT2D eigenvalue weighted by atomic mass is 9.95. The van der Waals surface area contributed by atoms with Crippen molar-refractivity contribution in [3.05, 3.63) is 39.6 Å². The first-order chi connectivity index (χ1) is 12.6. The molecule has 6 heteroatoms. The number of aliphatic hydroxyl groups excluding tert-OH is 1. The molecule has 2 aromatic rings. The number of benzene rings is 1. The van der Waals surface area contributed by atoms with Crippen molar-refractivity contribution >= 4 is 23.2 Å². The molecule has 0 amide bonds. The summed E-state index contributed by atoms with van der Waals surface area (Å²) >= 11 is 12.8. The van der Waals surface area contributed by atoms with Crippen LogP contribution in [0, 0.1) is 11.8 Å². The van der Waals surface area contributed by atoms with E-state index in [-0.39, 0.29) is 18.1 Å². The number of rotatable bonds is 5. The largest absolute Gasteiger partial charge is 0.393 e. The van der Waals surface area contributed by atoms with E-state index in [1.54, 1.807) is 0 Å². The number of ether oxygens (including phenoxy) is 1. The molecule has 3 saturated carbocycles. The van der Waals surface area contributed by atoms with Crippen LogP contribution in [0.15, 0.2) is 22.7 Å². The van der Waals surface area contributed by atoms with Crippen molar-refractivity contribution in [3.8, 4) is 11.3 Å². The first-order valence-electron chi connectivity index (χ1n) is 9.34. The molecule has 0 radical (unpaired) electrons. The summed E-state index contributed by atoms with van der Waals surface area (Å²) in [6, 6.07) is 5.44. The van der Waals surface area contributed by atoms with E-state index in [0.29, 0.717) is 39.7 Å². The fraction of sp³-hybridized carbons (Fsp3) is 0.550. The predicted octanol–water partition coefficient (Wildman–Crippen LogP) is 5.20. The summed E-state index contributed by atoms with van der Waals surface area (Å²) in [6.07, 6.45) is 5.16. The van der Waals surface area contributed by atoms with E-state index < -0.39 is 0 Å². The summed E-state index contributed by atoms with van der Waals surface area (Å²) in [5.74, 6) is 2.18. The van der Waals surface area contributed by atoms with Crippen molar-refractivity contribution in [1.82, 2.24) is 5.16 Å². The van der Waals surface area contributed by atoms with Crippen molar-refractivity contribution in [2.45, 2.75) is 56.8 Å². The predicted molar refractivity (Wildman–Crippen MR) is 99.3 cm³/mol. The fourth-order valence-corrected chi connectivity index (χ4v) is 5.26. The lowest BCUT2D eigenvalue weighted by Crippen LogP contribution is -2.30. The highest BCUT2D eigenvalue weighted by Gasteiger charge is 2.46. The van der Waals surface area contributed by atoms with Gasteiger partial charge in [-0.2, -0.15) is 0 Å². The van der Waals surface area contributed by atoms with Gasteiger partial charge in [0.25, 0.3) is 0 Å². The van der Waals surface area contributed by atoms with Gasteiger partial charge in [-0.25, -0.2) is 0 Å². The van der Waals surface area contributed by atoms with Crippen LogP contribution in [0.2, 0.25) is 10.0 Å². The summed E-state index contributed by atoms with van der Waals surface area (Å²) in [5.41, 5.74) is 2.35. The van der Waals surface area contributed by atoms with Crippen LogP contribution in [0.1, 0.15) is 49.3 Å². The highest BCUT2D eigenvalue weighted by molar-refractivity contribution is 6.39. The van der Waals surface area contributed by atoms with Crippen LogP contribution in [0.5, 0.6) is 0 Å². The van der Waals surface area contributed by atoms with Crippen LogP contribution in [0.4, 0.5) is 0 Å². The van der Waals surface area contributed by atoms with E-state index in [0.717, 1.165) is 43.4 Å². The molecular formula is C20H21Cl2NO3. The monoisotopic (exact) mass is 393 g/mol. The summed E-state index contributed by atoms with van der Waals surface area (Å²) in [4.78, 5) is 0. The van der Waals surface area contributed by atoms with Crippen LogP contribution in [-0.2, 0) is 11.3 Å². The first-order valence-corrected chi connectivity index (χ1v) is 10.1. The number of hydrogen-bond donors (Lipinski definition) is 1. The van der Waals surface area contributed by atoms with Crippen molar-refractivity contribution in [2.24, 2.45) is 11.8 Å². The number of hydrogen-bond acceptors (Lipinski definition) is 4. The summed E-state index contributed by atoms with van der Waals surface area (Å²) in [7, 11) is 0. The third-order valence-corrected chi connectivity index (χ3v) is 6.76. The second kappa shape index (κ2) is 6.52. The Kier molecular flexibility index (Phi) is 4.28. The maximum atomic E-state index is 10.2. The van der Waals surface area contributed by atoms with Gasteiger partial charge in [-0.05, 0) is 50.2 Å². The molecule has 26 heavy (non-hydrogen) atoms. The van der Waals surface area contributed by atoms with E-state index in [1.165, 1.54) is 0 Å². The standard InChI is InChI=1S/C20H21Cl2NO3/c21-14-2-1-3-15(22)18(14)19-13(20(26-23-19)11-4-5-11)9-25-17-8-10-6-12(17)16(24)7-10/h1-3,10-12,16-17,24H,4-9H2/t10?,12?,16?,17-/m0/s1. The Labute approximate surface area is 162 Å². The molecule has 3 aliphatic rings. The number of fused-ring (bicyclic) bond motifs is 2. The molecule has 0 spiro atoms. The van der Waals surface area contributed by atoms with Crippen LogP contribution < -0.4 is 0 Å². The van der Waals surface area contributed by atoms with Crippen LogP contribution in [-0.4, -0.2) is 22.5 Å². The van der Waals surface area contributed by atoms with Gasteiger partial charge in [0.2, 0.25) is 0 Å². The minimum Gasteiger partial charge on any atom is -0.393 e. The average Bonchev–Trinajstić information content (AvgIpc) is 3.09. The maximum Gasteiger partial charge on any atom is 0.145 e. The number of aromatic nitrogens is 1. The van der Waals surface area contributed by atoms with Gasteiger partial charge >= 0.3 is 0 Å². The Bertz CT molecular complexity index is 812. The molecule has 4 atom stereocenters. The zero-order valence-electron chi connectivity index (χ0n) is 14.3. The molecule has 1 N–H and O–H groups in total. The zero-order valence-corrected chi connectivity index (χ0v) is 15.8. The first kappa shape index (κ1) is 17.1. The molecule has 1 heterocycles. The Balaban J connectivity index is 1.45. The number of nitrogens with zero attached hydrogens (tertiary/aromatic N) is 1. The van der Waals surface area contributed by atoms with Crippen molar-refractivity contribution < 1.29 is 14.4 Å². The van der Waals surface area contributed by atoms with Gasteiger partial charge < -0.3 is 14.4 Å². The molecule has 1 aromatic heterocycles. The Morgan fingerprint density at radius 1 is 1.15 bits per heavy atom. The number of aliphatic hydroxyl groups is 1. The zero-order chi connectivity index (χ0) is 17.8. The molecule has 0 aliphatic heterocycles. The van der Waals surface area contributed by atoms with Crippen molar-refractivity contribution in [1.29, 1.82) is 0 Å². The summed E-state index contributed by atoms with van der Waals surface area (Å²) in [6.45, 7) is 0.423. The highest BCUT2D eigenvalue weighted by Crippen LogP contribution is 2.48. The normalized spacial score (nSPS) is 30.3. The van der Waals surface area contributed by atoms with Crippen LogP contribution in [0.3, 0.4) is 0 Å². The summed E-state index contributed by atoms with van der Waals surface area (Å²) in [5, 5.41) is 15.6. The molecule has 0 saturated heterocycles. The van der Waals surface area contributed by atoms with Gasteiger partial charge in [0.05, 0.1) is 28.9 Å². The van der Waals surface area contributed by atoms with Gasteiger partial charge in [-0.15, -0.1) is 0 Å². The lowest BCUT2D eigenvalue weighted by molar-refractivity contribution is -0.0393. The van der Waals surface area contributed by atoms with Gasteiger partial charge in [0.1, 0.15) is 11.5 Å². The third-order valence-electron chi connectivity index (χ3n) is 6.13. The van der Waals surface area contributed by atoms with Crippen LogP contribution >= 0.6 is 23.2 Å². The molecule has 3 unspecified atom stereocenters. The molecule has 138 valence electrons. The molecule has 3 fully saturated rings. The Morgan fingerprint density at radius 3 is 2.58 bits per heavy atom. The van der Waals surface area contributed by atoms with Gasteiger partial charge in [0.15, 0.2) is 0 Å². The molecule has 3 aliphatic carbocycles. The lowest BCUT2D eigenvalue weighted by Gasteiger charge is -2.26. The third kappa shape index (κ3) is 2.88. The van der Waals surface area contributed by atoms with Crippen molar-refractivity contribution in [3.63, 3.8) is 0 Å². The van der Waals surface area contributed by atoms with E-state index in [2.05, 4.69) is 5.16 Å². The molecular weight excluding hydrogens is 373 g/mol. The van der Waals surface area contributed by atoms with E-state index in [1.807, 2.05) is 18.2 Å². The van der Waals surface area contributed by atoms with Gasteiger partial charge in [0, 0.05) is 23.0 Å². The second-order valence-electron chi connectivity index (χ2n) is 7.90. The molecule has 1 aromatic carbocycles. The molecule has 2 bridgehead atoms. The second-order valence-corrected chi connectivity index (χ2v) is 8.71. The Hall–Kier alpha value is -1.07. The van der Waals surface area contributed by atoms with Crippen LogP contribution in [0.25, 0.3) is 11.3 Å². The topological polar surface area (TPSA) is 55.5 Å². The molecule has 5 rings (SSSR count). The number of halogens is 2. The SMILES string of the molecule is OC1CC2CC1[C@@H](OCc1c(-c3c(Cl)cccc3Cl)noc1C1CC1)C2. The minimum atomic E-state index is -0.221. The van der Waals surface area contributed by atoms with Gasteiger partial charge in [-0.1, -0.05) is 34.4 Å². The molecule has 4 nitrogen and oxygen atoms in total. The summed E-state index contributed by atoms with van der Waals surface area (Å²) < 4.78 is 12.0. The van der Waals surface area contributed by atoms with E-state index >= 15 is 0 Å². The highest BCUT2D eigenvalue weighted by atomic mass is 35.5. The Morgan fingerprint density at radius 2 is 1.92 bits per heavy atom. The van der Waals surface area contributed by atoms with E-state index in [4.69, 9.17) is 32.5 Å². The smallest absolute Gasteiger partial charge is 0.145 e. The van der Waals surface area contributed by atoms with E-state index in [9.17, 15) is 5.11 Å². The quantitative estimate of drug-likeness (QED) is 0.757. The maximum absolute atomic E-state index is 10.2. The van der Waals surface area contributed by atoms with Crippen molar-refractivity contribution in [2.75, 3.05) is 0 Å². The fourth-order valence-electron chi connectivity index (χ4n) is 4.68. The average molecular weight is 394 g/mol. The minimum absolute atomic E-state index is 0.111. The van der Waals surface area contributed by atoms with Gasteiger partial charge in [-0.3, -0.25) is 0 Å².